The van der Waals surface area contributed by atoms with E-state index in [1.54, 1.807) is 0 Å². The summed E-state index contributed by atoms with van der Waals surface area (Å²) in [6, 6.07) is 5.88. The fraction of sp³-hybridized carbons (Fsp3) is 0.500. The molecule has 1 aromatic carbocycles. The van der Waals surface area contributed by atoms with E-state index in [1.807, 2.05) is 25.2 Å². The van der Waals surface area contributed by atoms with Gasteiger partial charge in [-0.25, -0.2) is 0 Å². The van der Waals surface area contributed by atoms with E-state index in [0.717, 1.165) is 22.0 Å². The van der Waals surface area contributed by atoms with Gasteiger partial charge in [-0.05, 0) is 43.1 Å². The Hall–Kier alpha value is -0.240. The molecule has 3 heteroatoms. The highest BCUT2D eigenvalue weighted by Gasteiger charge is 2.14. The second-order valence-corrected chi connectivity index (χ2v) is 4.98. The summed E-state index contributed by atoms with van der Waals surface area (Å²) in [5, 5.41) is 4.79. The van der Waals surface area contributed by atoms with Gasteiger partial charge in [0, 0.05) is 16.1 Å². The molecule has 0 saturated heterocycles. The molecule has 84 valence electrons. The van der Waals surface area contributed by atoms with Crippen LogP contribution in [0.15, 0.2) is 18.2 Å². The number of hydrogen-bond acceptors (Lipinski definition) is 1. The van der Waals surface area contributed by atoms with Crippen molar-refractivity contribution < 1.29 is 0 Å². The molecule has 1 rings (SSSR count). The molecule has 1 atom stereocenters. The summed E-state index contributed by atoms with van der Waals surface area (Å²) in [6.45, 7) is 4.39. The van der Waals surface area contributed by atoms with Gasteiger partial charge < -0.3 is 5.32 Å². The molecular formula is C12H17Cl2N. The molecule has 0 heterocycles. The van der Waals surface area contributed by atoms with Crippen LogP contribution in [0.3, 0.4) is 0 Å². The molecule has 1 unspecified atom stereocenters. The SMILES string of the molecule is CNC(CC(C)C)c1cc(Cl)ccc1Cl. The van der Waals surface area contributed by atoms with Crippen molar-refractivity contribution in [3.8, 4) is 0 Å². The second-order valence-electron chi connectivity index (χ2n) is 4.14. The molecule has 0 saturated carbocycles. The van der Waals surface area contributed by atoms with Crippen LogP contribution >= 0.6 is 23.2 Å². The molecular weight excluding hydrogens is 229 g/mol. The number of rotatable bonds is 4. The van der Waals surface area contributed by atoms with Gasteiger partial charge in [-0.3, -0.25) is 0 Å². The zero-order chi connectivity index (χ0) is 11.4. The third-order valence-corrected chi connectivity index (χ3v) is 2.97. The smallest absolute Gasteiger partial charge is 0.0454 e. The number of hydrogen-bond donors (Lipinski definition) is 1. The Labute approximate surface area is 102 Å². The van der Waals surface area contributed by atoms with Crippen LogP contribution in [0, 0.1) is 5.92 Å². The molecule has 0 aromatic heterocycles. The van der Waals surface area contributed by atoms with E-state index < -0.39 is 0 Å². The van der Waals surface area contributed by atoms with Crippen LogP contribution < -0.4 is 5.32 Å². The summed E-state index contributed by atoms with van der Waals surface area (Å²) in [5.74, 6) is 0.623. The fourth-order valence-corrected chi connectivity index (χ4v) is 2.08. The fourth-order valence-electron chi connectivity index (χ4n) is 1.65. The summed E-state index contributed by atoms with van der Waals surface area (Å²) < 4.78 is 0. The van der Waals surface area contributed by atoms with Crippen LogP contribution in [0.1, 0.15) is 31.9 Å². The molecule has 0 aliphatic heterocycles. The van der Waals surface area contributed by atoms with Crippen LogP contribution in [0.4, 0.5) is 0 Å². The topological polar surface area (TPSA) is 12.0 Å². The third-order valence-electron chi connectivity index (χ3n) is 2.39. The molecule has 0 amide bonds. The molecule has 0 radical (unpaired) electrons. The van der Waals surface area contributed by atoms with Gasteiger partial charge in [0.05, 0.1) is 0 Å². The summed E-state index contributed by atoms with van der Waals surface area (Å²) in [4.78, 5) is 0. The van der Waals surface area contributed by atoms with Gasteiger partial charge in [-0.1, -0.05) is 37.0 Å². The Morgan fingerprint density at radius 2 is 1.93 bits per heavy atom. The van der Waals surface area contributed by atoms with Crippen molar-refractivity contribution in [1.82, 2.24) is 5.32 Å². The second kappa shape index (κ2) is 5.74. The molecule has 15 heavy (non-hydrogen) atoms. The Kier molecular flexibility index (Phi) is 4.91. The van der Waals surface area contributed by atoms with E-state index in [0.29, 0.717) is 5.92 Å². The van der Waals surface area contributed by atoms with Crippen LogP contribution in [-0.2, 0) is 0 Å². The quantitative estimate of drug-likeness (QED) is 0.835. The molecule has 0 fully saturated rings. The third kappa shape index (κ3) is 3.67. The first-order chi connectivity index (χ1) is 7.04. The number of halogens is 2. The molecule has 1 N–H and O–H groups in total. The van der Waals surface area contributed by atoms with Gasteiger partial charge in [0.1, 0.15) is 0 Å². The average Bonchev–Trinajstić information content (AvgIpc) is 2.18. The summed E-state index contributed by atoms with van der Waals surface area (Å²) >= 11 is 12.1. The first-order valence-electron chi connectivity index (χ1n) is 5.16. The van der Waals surface area contributed by atoms with Crippen LogP contribution in [0.2, 0.25) is 10.0 Å². The molecule has 1 nitrogen and oxygen atoms in total. The Morgan fingerprint density at radius 3 is 2.47 bits per heavy atom. The van der Waals surface area contributed by atoms with Gasteiger partial charge in [0.2, 0.25) is 0 Å². The van der Waals surface area contributed by atoms with E-state index in [1.165, 1.54) is 0 Å². The van der Waals surface area contributed by atoms with Gasteiger partial charge in [-0.15, -0.1) is 0 Å². The van der Waals surface area contributed by atoms with Gasteiger partial charge in [0.15, 0.2) is 0 Å². The van der Waals surface area contributed by atoms with E-state index in [4.69, 9.17) is 23.2 Å². The van der Waals surface area contributed by atoms with Gasteiger partial charge in [-0.2, -0.15) is 0 Å². The predicted octanol–water partition coefficient (Wildman–Crippen LogP) is 4.30. The monoisotopic (exact) mass is 245 g/mol. The summed E-state index contributed by atoms with van der Waals surface area (Å²) in [7, 11) is 1.95. The molecule has 0 spiro atoms. The van der Waals surface area contributed by atoms with Crippen molar-refractivity contribution in [3.63, 3.8) is 0 Å². The van der Waals surface area contributed by atoms with E-state index in [9.17, 15) is 0 Å². The number of nitrogens with one attached hydrogen (secondary N) is 1. The van der Waals surface area contributed by atoms with E-state index in [-0.39, 0.29) is 6.04 Å². The van der Waals surface area contributed by atoms with Crippen molar-refractivity contribution in [2.24, 2.45) is 5.92 Å². The molecule has 1 aromatic rings. The lowest BCUT2D eigenvalue weighted by molar-refractivity contribution is 0.457. The Bertz CT molecular complexity index is 323. The highest BCUT2D eigenvalue weighted by molar-refractivity contribution is 6.33. The highest BCUT2D eigenvalue weighted by Crippen LogP contribution is 2.29. The lowest BCUT2D eigenvalue weighted by Crippen LogP contribution is -2.18. The standard InChI is InChI=1S/C12H17Cl2N/c1-8(2)6-12(15-3)10-7-9(13)4-5-11(10)14/h4-5,7-8,12,15H,6H2,1-3H3. The van der Waals surface area contributed by atoms with E-state index in [2.05, 4.69) is 19.2 Å². The minimum atomic E-state index is 0.274. The maximum absolute atomic E-state index is 6.15. The van der Waals surface area contributed by atoms with Crippen LogP contribution in [0.5, 0.6) is 0 Å². The van der Waals surface area contributed by atoms with Crippen molar-refractivity contribution >= 4 is 23.2 Å². The minimum absolute atomic E-state index is 0.274. The van der Waals surface area contributed by atoms with Crippen molar-refractivity contribution in [2.75, 3.05) is 7.05 Å². The zero-order valence-corrected chi connectivity index (χ0v) is 10.9. The maximum Gasteiger partial charge on any atom is 0.0454 e. The predicted molar refractivity (Wildman–Crippen MR) is 67.7 cm³/mol. The minimum Gasteiger partial charge on any atom is -0.313 e. The first kappa shape index (κ1) is 12.8. The first-order valence-corrected chi connectivity index (χ1v) is 5.92. The number of benzene rings is 1. The molecule has 0 aliphatic carbocycles. The van der Waals surface area contributed by atoms with Crippen LogP contribution in [0.25, 0.3) is 0 Å². The van der Waals surface area contributed by atoms with Crippen molar-refractivity contribution in [2.45, 2.75) is 26.3 Å². The summed E-state index contributed by atoms with van der Waals surface area (Å²) in [6.07, 6.45) is 1.05. The zero-order valence-electron chi connectivity index (χ0n) is 9.35. The largest absolute Gasteiger partial charge is 0.313 e. The van der Waals surface area contributed by atoms with E-state index >= 15 is 0 Å². The van der Waals surface area contributed by atoms with Crippen molar-refractivity contribution in [1.29, 1.82) is 0 Å². The Balaban J connectivity index is 2.95. The maximum atomic E-state index is 6.15. The lowest BCUT2D eigenvalue weighted by Gasteiger charge is -2.20. The van der Waals surface area contributed by atoms with Gasteiger partial charge in [0.25, 0.3) is 0 Å². The van der Waals surface area contributed by atoms with Crippen molar-refractivity contribution in [3.05, 3.63) is 33.8 Å². The molecule has 0 bridgehead atoms. The average molecular weight is 246 g/mol. The lowest BCUT2D eigenvalue weighted by atomic mass is 9.97. The van der Waals surface area contributed by atoms with Gasteiger partial charge >= 0.3 is 0 Å². The van der Waals surface area contributed by atoms with Crippen LogP contribution in [-0.4, -0.2) is 7.05 Å². The Morgan fingerprint density at radius 1 is 1.27 bits per heavy atom. The highest BCUT2D eigenvalue weighted by atomic mass is 35.5. The normalized spacial score (nSPS) is 13.2. The molecule has 0 aliphatic rings. The summed E-state index contributed by atoms with van der Waals surface area (Å²) in [5.41, 5.74) is 1.08.